The van der Waals surface area contributed by atoms with Crippen molar-refractivity contribution in [3.63, 3.8) is 0 Å². The van der Waals surface area contributed by atoms with Gasteiger partial charge in [0.15, 0.2) is 0 Å². The number of hydrogen-bond acceptors (Lipinski definition) is 2. The van der Waals surface area contributed by atoms with E-state index in [1.807, 2.05) is 6.92 Å². The molecule has 2 atom stereocenters. The van der Waals surface area contributed by atoms with Gasteiger partial charge in [-0.1, -0.05) is 13.0 Å². The predicted molar refractivity (Wildman–Crippen MR) is 65.6 cm³/mol. The fraction of sp³-hybridized carbons (Fsp3) is 0.417. The van der Waals surface area contributed by atoms with Crippen molar-refractivity contribution >= 4 is 17.7 Å². The molecule has 0 radical (unpaired) electrons. The quantitative estimate of drug-likeness (QED) is 0.883. The molecular formula is C12H15F2NOS. The summed E-state index contributed by atoms with van der Waals surface area (Å²) in [5.74, 6) is -1.64. The van der Waals surface area contributed by atoms with Crippen molar-refractivity contribution in [1.82, 2.24) is 0 Å². The van der Waals surface area contributed by atoms with E-state index in [1.165, 1.54) is 30.0 Å². The molecule has 0 fully saturated rings. The van der Waals surface area contributed by atoms with Crippen LogP contribution in [0.25, 0.3) is 0 Å². The summed E-state index contributed by atoms with van der Waals surface area (Å²) >= 11 is 1.18. The maximum absolute atomic E-state index is 13.5. The fourth-order valence-electron chi connectivity index (χ4n) is 1.58. The molecule has 5 heteroatoms. The van der Waals surface area contributed by atoms with Gasteiger partial charge in [-0.15, -0.1) is 11.8 Å². The van der Waals surface area contributed by atoms with Crippen LogP contribution in [0.4, 0.5) is 8.78 Å². The molecule has 1 aromatic carbocycles. The summed E-state index contributed by atoms with van der Waals surface area (Å²) < 4.78 is 27.0. The number of benzene rings is 1. The average molecular weight is 259 g/mol. The summed E-state index contributed by atoms with van der Waals surface area (Å²) in [5, 5.41) is -0.877. The number of halogens is 2. The van der Waals surface area contributed by atoms with Crippen LogP contribution in [0.2, 0.25) is 0 Å². The first-order valence-electron chi connectivity index (χ1n) is 5.36. The number of carbonyl (C=O) groups excluding carboxylic acids is 1. The fourth-order valence-corrected chi connectivity index (χ4v) is 2.76. The van der Waals surface area contributed by atoms with Gasteiger partial charge in [0.1, 0.15) is 11.6 Å². The van der Waals surface area contributed by atoms with Crippen LogP contribution in [0.15, 0.2) is 18.2 Å². The second-order valence-electron chi connectivity index (χ2n) is 3.71. The largest absolute Gasteiger partial charge is 0.369 e. The van der Waals surface area contributed by atoms with Crippen molar-refractivity contribution in [3.8, 4) is 0 Å². The zero-order chi connectivity index (χ0) is 13.0. The number of amides is 1. The van der Waals surface area contributed by atoms with Crippen LogP contribution in [0.5, 0.6) is 0 Å². The van der Waals surface area contributed by atoms with E-state index in [2.05, 4.69) is 0 Å². The van der Waals surface area contributed by atoms with Crippen LogP contribution in [-0.4, -0.2) is 11.2 Å². The zero-order valence-corrected chi connectivity index (χ0v) is 10.6. The number of hydrogen-bond donors (Lipinski definition) is 1. The number of nitrogens with two attached hydrogens (primary N) is 1. The van der Waals surface area contributed by atoms with Gasteiger partial charge in [0.25, 0.3) is 0 Å². The lowest BCUT2D eigenvalue weighted by molar-refractivity contribution is -0.117. The first-order chi connectivity index (χ1) is 7.97. The van der Waals surface area contributed by atoms with Gasteiger partial charge < -0.3 is 5.73 Å². The van der Waals surface area contributed by atoms with Gasteiger partial charge in [-0.25, -0.2) is 8.78 Å². The molecule has 0 bridgehead atoms. The molecule has 0 heterocycles. The molecule has 0 spiro atoms. The van der Waals surface area contributed by atoms with Gasteiger partial charge in [-0.05, 0) is 25.5 Å². The van der Waals surface area contributed by atoms with Crippen LogP contribution in [-0.2, 0) is 4.79 Å². The second-order valence-corrected chi connectivity index (χ2v) is 5.26. The lowest BCUT2D eigenvalue weighted by atomic mass is 10.1. The van der Waals surface area contributed by atoms with Gasteiger partial charge in [-0.3, -0.25) is 4.79 Å². The highest BCUT2D eigenvalue weighted by Crippen LogP contribution is 2.35. The van der Waals surface area contributed by atoms with Crippen LogP contribution in [0.1, 0.15) is 31.1 Å². The summed E-state index contributed by atoms with van der Waals surface area (Å²) in [5.41, 5.74) is 5.20. The Labute approximate surface area is 104 Å². The summed E-state index contributed by atoms with van der Waals surface area (Å²) in [7, 11) is 0. The summed E-state index contributed by atoms with van der Waals surface area (Å²) in [6.07, 6.45) is 0.542. The molecule has 2 N–H and O–H groups in total. The van der Waals surface area contributed by atoms with Crippen molar-refractivity contribution in [2.75, 3.05) is 0 Å². The minimum atomic E-state index is -0.593. The third-order valence-electron chi connectivity index (χ3n) is 2.46. The summed E-state index contributed by atoms with van der Waals surface area (Å²) in [6.45, 7) is 3.48. The molecule has 2 unspecified atom stereocenters. The third kappa shape index (κ3) is 3.43. The maximum Gasteiger partial charge on any atom is 0.230 e. The van der Waals surface area contributed by atoms with Gasteiger partial charge >= 0.3 is 0 Å². The number of thioether (sulfide) groups is 1. The monoisotopic (exact) mass is 259 g/mol. The van der Waals surface area contributed by atoms with E-state index in [4.69, 9.17) is 5.73 Å². The van der Waals surface area contributed by atoms with Gasteiger partial charge in [-0.2, -0.15) is 0 Å². The number of carbonyl (C=O) groups is 1. The number of primary amides is 1. The molecule has 94 valence electrons. The second kappa shape index (κ2) is 6.00. The van der Waals surface area contributed by atoms with E-state index in [0.29, 0.717) is 6.42 Å². The van der Waals surface area contributed by atoms with Gasteiger partial charge in [0.2, 0.25) is 5.91 Å². The molecule has 0 aliphatic carbocycles. The molecule has 17 heavy (non-hydrogen) atoms. The standard InChI is InChI=1S/C12H15F2NOS/c1-3-10(12(15)16)17-7(2)11-8(13)5-4-6-9(11)14/h4-7,10H,3H2,1-2H3,(H2,15,16). The topological polar surface area (TPSA) is 43.1 Å². The lowest BCUT2D eigenvalue weighted by Gasteiger charge is -2.18. The van der Waals surface area contributed by atoms with E-state index in [1.54, 1.807) is 6.92 Å². The van der Waals surface area contributed by atoms with Gasteiger partial charge in [0.05, 0.1) is 5.25 Å². The van der Waals surface area contributed by atoms with Crippen LogP contribution >= 0.6 is 11.8 Å². The van der Waals surface area contributed by atoms with Gasteiger partial charge in [0, 0.05) is 10.8 Å². The predicted octanol–water partition coefficient (Wildman–Crippen LogP) is 3.02. The first kappa shape index (κ1) is 14.0. The Bertz CT molecular complexity index is 391. The highest BCUT2D eigenvalue weighted by molar-refractivity contribution is 8.00. The third-order valence-corrected chi connectivity index (χ3v) is 4.00. The molecule has 0 aromatic heterocycles. The Balaban J connectivity index is 2.89. The molecule has 2 nitrogen and oxygen atoms in total. The minimum absolute atomic E-state index is 0.00259. The van der Waals surface area contributed by atoms with E-state index in [0.717, 1.165) is 0 Å². The van der Waals surface area contributed by atoms with Crippen LogP contribution in [0.3, 0.4) is 0 Å². The molecule has 0 aliphatic heterocycles. The Hall–Kier alpha value is -1.10. The van der Waals surface area contributed by atoms with E-state index < -0.39 is 28.0 Å². The van der Waals surface area contributed by atoms with E-state index >= 15 is 0 Å². The summed E-state index contributed by atoms with van der Waals surface area (Å²) in [6, 6.07) is 3.73. The Kier molecular flexibility index (Phi) is 4.93. The molecule has 0 saturated carbocycles. The average Bonchev–Trinajstić information content (AvgIpc) is 2.25. The Morgan fingerprint density at radius 3 is 2.35 bits per heavy atom. The molecular weight excluding hydrogens is 244 g/mol. The SMILES string of the molecule is CCC(SC(C)c1c(F)cccc1F)C(N)=O. The zero-order valence-electron chi connectivity index (χ0n) is 9.74. The summed E-state index contributed by atoms with van der Waals surface area (Å²) in [4.78, 5) is 11.1. The van der Waals surface area contributed by atoms with Crippen molar-refractivity contribution < 1.29 is 13.6 Å². The molecule has 0 saturated heterocycles. The van der Waals surface area contributed by atoms with Crippen LogP contribution in [0, 0.1) is 11.6 Å². The first-order valence-corrected chi connectivity index (χ1v) is 6.30. The number of rotatable bonds is 5. The molecule has 1 rings (SSSR count). The molecule has 0 aliphatic rings. The van der Waals surface area contributed by atoms with Crippen molar-refractivity contribution in [1.29, 1.82) is 0 Å². The highest BCUT2D eigenvalue weighted by atomic mass is 32.2. The maximum atomic E-state index is 13.5. The van der Waals surface area contributed by atoms with Crippen LogP contribution < -0.4 is 5.73 Å². The van der Waals surface area contributed by atoms with Crippen molar-refractivity contribution in [3.05, 3.63) is 35.4 Å². The minimum Gasteiger partial charge on any atom is -0.369 e. The highest BCUT2D eigenvalue weighted by Gasteiger charge is 2.22. The lowest BCUT2D eigenvalue weighted by Crippen LogP contribution is -2.25. The van der Waals surface area contributed by atoms with Crippen molar-refractivity contribution in [2.24, 2.45) is 5.73 Å². The van der Waals surface area contributed by atoms with E-state index in [9.17, 15) is 13.6 Å². The molecule has 1 aromatic rings. The Morgan fingerprint density at radius 1 is 1.41 bits per heavy atom. The normalized spacial score (nSPS) is 14.4. The van der Waals surface area contributed by atoms with Crippen molar-refractivity contribution in [2.45, 2.75) is 30.8 Å². The van der Waals surface area contributed by atoms with E-state index in [-0.39, 0.29) is 5.56 Å². The molecule has 1 amide bonds. The smallest absolute Gasteiger partial charge is 0.230 e. The Morgan fingerprint density at radius 2 is 1.94 bits per heavy atom.